The van der Waals surface area contributed by atoms with Gasteiger partial charge >= 0.3 is 12.0 Å². The molecule has 7 heteroatoms. The molecule has 114 valence electrons. The smallest absolute Gasteiger partial charge is 0.315 e. The number of amides is 3. The summed E-state index contributed by atoms with van der Waals surface area (Å²) < 4.78 is 0. The highest BCUT2D eigenvalue weighted by Crippen LogP contribution is 2.37. The van der Waals surface area contributed by atoms with Gasteiger partial charge in [-0.05, 0) is 19.3 Å². The highest BCUT2D eigenvalue weighted by Gasteiger charge is 2.41. The Bertz CT molecular complexity index is 365. The molecular weight excluding hydrogens is 262 g/mol. The first-order valence-corrected chi connectivity index (χ1v) is 7.02. The zero-order chi connectivity index (χ0) is 15.0. The second-order valence-corrected chi connectivity index (χ2v) is 5.18. The Labute approximate surface area is 118 Å². The molecule has 1 aliphatic rings. The molecule has 0 heterocycles. The van der Waals surface area contributed by atoms with Crippen LogP contribution in [0.4, 0.5) is 4.79 Å². The molecule has 0 atom stereocenters. The molecule has 0 saturated heterocycles. The molecule has 20 heavy (non-hydrogen) atoms. The molecule has 1 fully saturated rings. The lowest BCUT2D eigenvalue weighted by molar-refractivity contribution is -0.148. The number of aliphatic carboxylic acids is 1. The predicted octanol–water partition coefficient (Wildman–Crippen LogP) is 0.457. The third kappa shape index (κ3) is 4.71. The van der Waals surface area contributed by atoms with Gasteiger partial charge in [-0.15, -0.1) is 0 Å². The van der Waals surface area contributed by atoms with Gasteiger partial charge in [-0.2, -0.15) is 0 Å². The largest absolute Gasteiger partial charge is 0.481 e. The Hall–Kier alpha value is -1.79. The summed E-state index contributed by atoms with van der Waals surface area (Å²) in [6, 6.07) is -0.510. The highest BCUT2D eigenvalue weighted by atomic mass is 16.4. The fourth-order valence-corrected chi connectivity index (χ4v) is 2.32. The normalized spacial score (nSPS) is 16.4. The van der Waals surface area contributed by atoms with Crippen LogP contribution in [-0.4, -0.2) is 42.6 Å². The topological polar surface area (TPSA) is 108 Å². The van der Waals surface area contributed by atoms with Gasteiger partial charge in [0, 0.05) is 13.1 Å². The molecule has 0 aromatic heterocycles. The van der Waals surface area contributed by atoms with Crippen LogP contribution < -0.4 is 16.0 Å². The molecule has 0 radical (unpaired) electrons. The van der Waals surface area contributed by atoms with E-state index in [-0.39, 0.29) is 19.0 Å². The number of rotatable bonds is 7. The number of carboxylic acid groups (broad SMARTS) is 1. The molecule has 0 aromatic rings. The Morgan fingerprint density at radius 3 is 2.30 bits per heavy atom. The number of carboxylic acids is 1. The van der Waals surface area contributed by atoms with Crippen molar-refractivity contribution in [2.45, 2.75) is 39.0 Å². The van der Waals surface area contributed by atoms with Crippen molar-refractivity contribution in [3.8, 4) is 0 Å². The second-order valence-electron chi connectivity index (χ2n) is 5.18. The molecule has 0 spiro atoms. The Kier molecular flexibility index (Phi) is 6.27. The summed E-state index contributed by atoms with van der Waals surface area (Å²) in [6.07, 6.45) is 3.74. The summed E-state index contributed by atoms with van der Waals surface area (Å²) in [5.41, 5.74) is -0.845. The van der Waals surface area contributed by atoms with Crippen LogP contribution >= 0.6 is 0 Å². The third-order valence-corrected chi connectivity index (χ3v) is 3.58. The molecule has 3 amide bonds. The van der Waals surface area contributed by atoms with Crippen molar-refractivity contribution >= 4 is 17.9 Å². The van der Waals surface area contributed by atoms with E-state index in [1.807, 2.05) is 6.92 Å². The molecule has 1 aliphatic carbocycles. The average Bonchev–Trinajstić information content (AvgIpc) is 2.90. The van der Waals surface area contributed by atoms with Crippen molar-refractivity contribution in [1.29, 1.82) is 0 Å². The van der Waals surface area contributed by atoms with E-state index in [1.54, 1.807) is 0 Å². The first-order chi connectivity index (χ1) is 9.50. The zero-order valence-electron chi connectivity index (χ0n) is 11.8. The number of urea groups is 1. The standard InChI is InChI=1S/C13H23N3O4/c1-2-7-14-10(17)8-15-12(20)16-9-13(11(18)19)5-3-4-6-13/h2-9H2,1H3,(H,14,17)(H,18,19)(H2,15,16,20). The molecule has 0 aliphatic heterocycles. The Balaban J connectivity index is 2.28. The molecule has 0 bridgehead atoms. The van der Waals surface area contributed by atoms with Crippen LogP contribution in [0.25, 0.3) is 0 Å². The second kappa shape index (κ2) is 7.72. The molecule has 0 aromatic carbocycles. The van der Waals surface area contributed by atoms with E-state index in [2.05, 4.69) is 16.0 Å². The minimum Gasteiger partial charge on any atom is -0.481 e. The van der Waals surface area contributed by atoms with Crippen LogP contribution in [0, 0.1) is 5.41 Å². The molecule has 4 N–H and O–H groups in total. The van der Waals surface area contributed by atoms with Gasteiger partial charge in [0.2, 0.25) is 5.91 Å². The van der Waals surface area contributed by atoms with E-state index in [1.165, 1.54) is 0 Å². The predicted molar refractivity (Wildman–Crippen MR) is 73.2 cm³/mol. The summed E-state index contributed by atoms with van der Waals surface area (Å²) in [6.45, 7) is 2.51. The lowest BCUT2D eigenvalue weighted by Crippen LogP contribution is -2.47. The van der Waals surface area contributed by atoms with Gasteiger partial charge in [0.25, 0.3) is 0 Å². The van der Waals surface area contributed by atoms with Crippen molar-refractivity contribution in [3.63, 3.8) is 0 Å². The van der Waals surface area contributed by atoms with E-state index >= 15 is 0 Å². The SMILES string of the molecule is CCCNC(=O)CNC(=O)NCC1(C(=O)O)CCCC1. The molecule has 0 unspecified atom stereocenters. The summed E-state index contributed by atoms with van der Waals surface area (Å²) in [5.74, 6) is -1.12. The van der Waals surface area contributed by atoms with E-state index in [0.29, 0.717) is 19.4 Å². The number of hydrogen-bond donors (Lipinski definition) is 4. The van der Waals surface area contributed by atoms with Crippen LogP contribution in [0.3, 0.4) is 0 Å². The van der Waals surface area contributed by atoms with Gasteiger partial charge in [0.1, 0.15) is 0 Å². The summed E-state index contributed by atoms with van der Waals surface area (Å²) in [4.78, 5) is 34.1. The minimum absolute atomic E-state index is 0.102. The van der Waals surface area contributed by atoms with Crippen LogP contribution in [-0.2, 0) is 9.59 Å². The van der Waals surface area contributed by atoms with Gasteiger partial charge in [0.15, 0.2) is 0 Å². The van der Waals surface area contributed by atoms with Crippen molar-refractivity contribution in [3.05, 3.63) is 0 Å². The van der Waals surface area contributed by atoms with Gasteiger partial charge in [-0.3, -0.25) is 9.59 Å². The lowest BCUT2D eigenvalue weighted by atomic mass is 9.86. The van der Waals surface area contributed by atoms with Gasteiger partial charge < -0.3 is 21.1 Å². The molecule has 7 nitrogen and oxygen atoms in total. The zero-order valence-corrected chi connectivity index (χ0v) is 11.8. The molecule has 1 rings (SSSR count). The van der Waals surface area contributed by atoms with Crippen molar-refractivity contribution in [2.75, 3.05) is 19.6 Å². The average molecular weight is 285 g/mol. The molecular formula is C13H23N3O4. The van der Waals surface area contributed by atoms with Crippen LogP contribution in [0.15, 0.2) is 0 Å². The lowest BCUT2D eigenvalue weighted by Gasteiger charge is -2.23. The van der Waals surface area contributed by atoms with Gasteiger partial charge in [0.05, 0.1) is 12.0 Å². The number of carbonyl (C=O) groups excluding carboxylic acids is 2. The fourth-order valence-electron chi connectivity index (χ4n) is 2.32. The minimum atomic E-state index is -0.865. The summed E-state index contributed by atoms with van der Waals surface area (Å²) in [5, 5.41) is 16.9. The maximum atomic E-state index is 11.5. The summed E-state index contributed by atoms with van der Waals surface area (Å²) >= 11 is 0. The quantitative estimate of drug-likeness (QED) is 0.545. The summed E-state index contributed by atoms with van der Waals surface area (Å²) in [7, 11) is 0. The maximum absolute atomic E-state index is 11.5. The van der Waals surface area contributed by atoms with E-state index in [9.17, 15) is 19.5 Å². The maximum Gasteiger partial charge on any atom is 0.315 e. The monoisotopic (exact) mass is 285 g/mol. The van der Waals surface area contributed by atoms with Crippen LogP contribution in [0.1, 0.15) is 39.0 Å². The van der Waals surface area contributed by atoms with E-state index < -0.39 is 17.4 Å². The van der Waals surface area contributed by atoms with E-state index in [4.69, 9.17) is 0 Å². The van der Waals surface area contributed by atoms with Gasteiger partial charge in [-0.1, -0.05) is 19.8 Å². The van der Waals surface area contributed by atoms with Gasteiger partial charge in [-0.25, -0.2) is 4.79 Å². The van der Waals surface area contributed by atoms with Crippen LogP contribution in [0.5, 0.6) is 0 Å². The fraction of sp³-hybridized carbons (Fsp3) is 0.769. The van der Waals surface area contributed by atoms with Crippen molar-refractivity contribution in [2.24, 2.45) is 5.41 Å². The third-order valence-electron chi connectivity index (χ3n) is 3.58. The number of hydrogen-bond acceptors (Lipinski definition) is 3. The Morgan fingerprint density at radius 2 is 1.75 bits per heavy atom. The number of carbonyl (C=O) groups is 3. The van der Waals surface area contributed by atoms with E-state index in [0.717, 1.165) is 19.3 Å². The first-order valence-electron chi connectivity index (χ1n) is 7.02. The Morgan fingerprint density at radius 1 is 1.10 bits per heavy atom. The van der Waals surface area contributed by atoms with Crippen molar-refractivity contribution < 1.29 is 19.5 Å². The van der Waals surface area contributed by atoms with Crippen molar-refractivity contribution in [1.82, 2.24) is 16.0 Å². The highest BCUT2D eigenvalue weighted by molar-refractivity contribution is 5.84. The number of nitrogens with one attached hydrogen (secondary N) is 3. The van der Waals surface area contributed by atoms with Crippen LogP contribution in [0.2, 0.25) is 0 Å². The molecule has 1 saturated carbocycles. The first kappa shape index (κ1) is 16.3.